The molecule has 118 valence electrons. The normalized spacial score (nSPS) is 14.3. The maximum absolute atomic E-state index is 11.6. The highest BCUT2D eigenvalue weighted by Gasteiger charge is 2.17. The number of ether oxygens (including phenoxy) is 1. The van der Waals surface area contributed by atoms with E-state index in [1.165, 1.54) is 0 Å². The van der Waals surface area contributed by atoms with Gasteiger partial charge in [0, 0.05) is 18.6 Å². The Hall–Kier alpha value is -1.75. The fraction of sp³-hybridized carbons (Fsp3) is 0.562. The van der Waals surface area contributed by atoms with E-state index in [9.17, 15) is 9.90 Å². The first-order chi connectivity index (χ1) is 9.67. The third-order valence-corrected chi connectivity index (χ3v) is 2.86. The number of alkyl carbamates (subject to hydrolysis) is 1. The van der Waals surface area contributed by atoms with Crippen LogP contribution < -0.4 is 10.6 Å². The van der Waals surface area contributed by atoms with Gasteiger partial charge in [0.05, 0.1) is 0 Å². The van der Waals surface area contributed by atoms with Crippen LogP contribution >= 0.6 is 0 Å². The van der Waals surface area contributed by atoms with Crippen LogP contribution in [-0.2, 0) is 4.74 Å². The average Bonchev–Trinajstić information content (AvgIpc) is 2.33. The molecule has 2 unspecified atom stereocenters. The first kappa shape index (κ1) is 17.3. The Morgan fingerprint density at radius 1 is 1.33 bits per heavy atom. The maximum atomic E-state index is 11.6. The predicted octanol–water partition coefficient (Wildman–Crippen LogP) is 2.96. The van der Waals surface area contributed by atoms with Gasteiger partial charge in [-0.15, -0.1) is 0 Å². The minimum Gasteiger partial charge on any atom is -0.508 e. The van der Waals surface area contributed by atoms with E-state index in [-0.39, 0.29) is 17.8 Å². The Labute approximate surface area is 126 Å². The Balaban J connectivity index is 2.39. The summed E-state index contributed by atoms with van der Waals surface area (Å²) >= 11 is 0. The summed E-state index contributed by atoms with van der Waals surface area (Å²) in [6.45, 7) is 10.0. The highest BCUT2D eigenvalue weighted by atomic mass is 16.6. The second-order valence-corrected chi connectivity index (χ2v) is 6.27. The molecule has 0 spiro atoms. The molecule has 1 aromatic carbocycles. The summed E-state index contributed by atoms with van der Waals surface area (Å²) in [6, 6.07) is 7.15. The van der Waals surface area contributed by atoms with Crippen LogP contribution in [0.25, 0.3) is 0 Å². The van der Waals surface area contributed by atoms with Gasteiger partial charge in [-0.05, 0) is 52.3 Å². The van der Waals surface area contributed by atoms with Gasteiger partial charge in [-0.1, -0.05) is 12.1 Å². The zero-order valence-electron chi connectivity index (χ0n) is 13.4. The molecule has 1 rings (SSSR count). The number of hydrogen-bond acceptors (Lipinski definition) is 4. The van der Waals surface area contributed by atoms with E-state index in [0.717, 1.165) is 5.56 Å². The van der Waals surface area contributed by atoms with Crippen LogP contribution in [0.5, 0.6) is 5.75 Å². The summed E-state index contributed by atoms with van der Waals surface area (Å²) in [7, 11) is 0. The van der Waals surface area contributed by atoms with Crippen molar-refractivity contribution in [3.63, 3.8) is 0 Å². The molecule has 0 aliphatic rings. The molecule has 21 heavy (non-hydrogen) atoms. The van der Waals surface area contributed by atoms with Crippen LogP contribution in [0.2, 0.25) is 0 Å². The van der Waals surface area contributed by atoms with Crippen molar-refractivity contribution < 1.29 is 14.6 Å². The SMILES string of the molecule is CC(CNC(C)c1cccc(O)c1)NC(=O)OC(C)(C)C. The largest absolute Gasteiger partial charge is 0.508 e. The molecule has 0 fully saturated rings. The molecular weight excluding hydrogens is 268 g/mol. The summed E-state index contributed by atoms with van der Waals surface area (Å²) in [5.41, 5.74) is 0.506. The molecule has 0 radical (unpaired) electrons. The fourth-order valence-corrected chi connectivity index (χ4v) is 1.83. The van der Waals surface area contributed by atoms with Gasteiger partial charge in [-0.2, -0.15) is 0 Å². The number of carbonyl (C=O) groups is 1. The Morgan fingerprint density at radius 2 is 2.00 bits per heavy atom. The highest BCUT2D eigenvalue weighted by molar-refractivity contribution is 5.68. The molecule has 0 heterocycles. The second-order valence-electron chi connectivity index (χ2n) is 6.27. The van der Waals surface area contributed by atoms with Crippen molar-refractivity contribution in [1.82, 2.24) is 10.6 Å². The number of amides is 1. The van der Waals surface area contributed by atoms with Crippen molar-refractivity contribution in [2.45, 2.75) is 52.3 Å². The van der Waals surface area contributed by atoms with E-state index < -0.39 is 11.7 Å². The van der Waals surface area contributed by atoms with Crippen LogP contribution in [-0.4, -0.2) is 29.4 Å². The van der Waals surface area contributed by atoms with Crippen LogP contribution in [0.4, 0.5) is 4.79 Å². The summed E-state index contributed by atoms with van der Waals surface area (Å²) < 4.78 is 5.20. The number of hydrogen-bond donors (Lipinski definition) is 3. The molecule has 2 atom stereocenters. The van der Waals surface area contributed by atoms with E-state index in [1.54, 1.807) is 12.1 Å². The van der Waals surface area contributed by atoms with Crippen molar-refractivity contribution in [3.05, 3.63) is 29.8 Å². The maximum Gasteiger partial charge on any atom is 0.407 e. The lowest BCUT2D eigenvalue weighted by Crippen LogP contribution is -2.43. The molecule has 0 saturated carbocycles. The van der Waals surface area contributed by atoms with Crippen molar-refractivity contribution in [2.24, 2.45) is 0 Å². The van der Waals surface area contributed by atoms with E-state index in [2.05, 4.69) is 10.6 Å². The van der Waals surface area contributed by atoms with Gasteiger partial charge in [-0.3, -0.25) is 0 Å². The summed E-state index contributed by atoms with van der Waals surface area (Å²) in [4.78, 5) is 11.6. The van der Waals surface area contributed by atoms with Crippen molar-refractivity contribution >= 4 is 6.09 Å². The smallest absolute Gasteiger partial charge is 0.407 e. The molecule has 0 aliphatic heterocycles. The molecular formula is C16H26N2O3. The molecule has 0 bridgehead atoms. The fourth-order valence-electron chi connectivity index (χ4n) is 1.83. The highest BCUT2D eigenvalue weighted by Crippen LogP contribution is 2.17. The van der Waals surface area contributed by atoms with E-state index >= 15 is 0 Å². The zero-order valence-corrected chi connectivity index (χ0v) is 13.4. The third-order valence-electron chi connectivity index (χ3n) is 2.86. The van der Waals surface area contributed by atoms with Gasteiger partial charge in [-0.25, -0.2) is 4.79 Å². The molecule has 3 N–H and O–H groups in total. The van der Waals surface area contributed by atoms with Gasteiger partial charge in [0.25, 0.3) is 0 Å². The molecule has 0 saturated heterocycles. The van der Waals surface area contributed by atoms with Gasteiger partial charge in [0.15, 0.2) is 0 Å². The Kier molecular flexibility index (Phi) is 6.03. The van der Waals surface area contributed by atoms with E-state index in [4.69, 9.17) is 4.74 Å². The summed E-state index contributed by atoms with van der Waals surface area (Å²) in [6.07, 6.45) is -0.415. The minimum absolute atomic E-state index is 0.0559. The molecule has 0 aromatic heterocycles. The van der Waals surface area contributed by atoms with Crippen molar-refractivity contribution in [2.75, 3.05) is 6.54 Å². The van der Waals surface area contributed by atoms with Gasteiger partial charge in [0.2, 0.25) is 0 Å². The Morgan fingerprint density at radius 3 is 2.57 bits per heavy atom. The second kappa shape index (κ2) is 7.31. The lowest BCUT2D eigenvalue weighted by molar-refractivity contribution is 0.0507. The standard InChI is InChI=1S/C16H26N2O3/c1-11(18-15(20)21-16(3,4)5)10-17-12(2)13-7-6-8-14(19)9-13/h6-9,11-12,17,19H,10H2,1-5H3,(H,18,20). The topological polar surface area (TPSA) is 70.6 Å². The number of aromatic hydroxyl groups is 1. The minimum atomic E-state index is -0.494. The van der Waals surface area contributed by atoms with Crippen LogP contribution in [0.3, 0.4) is 0 Å². The number of carbonyl (C=O) groups excluding carboxylic acids is 1. The van der Waals surface area contributed by atoms with Gasteiger partial charge >= 0.3 is 6.09 Å². The molecule has 1 aromatic rings. The quantitative estimate of drug-likeness (QED) is 0.781. The Bertz CT molecular complexity index is 469. The van der Waals surface area contributed by atoms with E-state index in [1.807, 2.05) is 46.8 Å². The molecule has 1 amide bonds. The summed E-state index contributed by atoms with van der Waals surface area (Å²) in [5, 5.41) is 15.6. The van der Waals surface area contributed by atoms with Gasteiger partial charge < -0.3 is 20.5 Å². The molecule has 5 heteroatoms. The number of rotatable bonds is 5. The van der Waals surface area contributed by atoms with Crippen molar-refractivity contribution in [1.29, 1.82) is 0 Å². The summed E-state index contributed by atoms with van der Waals surface area (Å²) in [5.74, 6) is 0.251. The number of nitrogens with one attached hydrogen (secondary N) is 2. The predicted molar refractivity (Wildman–Crippen MR) is 83.4 cm³/mol. The van der Waals surface area contributed by atoms with Crippen LogP contribution in [0.1, 0.15) is 46.2 Å². The van der Waals surface area contributed by atoms with Crippen molar-refractivity contribution in [3.8, 4) is 5.75 Å². The average molecular weight is 294 g/mol. The molecule has 5 nitrogen and oxygen atoms in total. The number of benzene rings is 1. The van der Waals surface area contributed by atoms with Gasteiger partial charge in [0.1, 0.15) is 11.4 Å². The number of phenols is 1. The monoisotopic (exact) mass is 294 g/mol. The first-order valence-electron chi connectivity index (χ1n) is 7.19. The first-order valence-corrected chi connectivity index (χ1v) is 7.19. The molecule has 0 aliphatic carbocycles. The number of phenolic OH excluding ortho intramolecular Hbond substituents is 1. The van der Waals surface area contributed by atoms with Crippen LogP contribution in [0.15, 0.2) is 24.3 Å². The van der Waals surface area contributed by atoms with E-state index in [0.29, 0.717) is 6.54 Å². The lowest BCUT2D eigenvalue weighted by Gasteiger charge is -2.23. The zero-order chi connectivity index (χ0) is 16.0. The lowest BCUT2D eigenvalue weighted by atomic mass is 10.1. The van der Waals surface area contributed by atoms with Crippen LogP contribution in [0, 0.1) is 0 Å². The third kappa shape index (κ3) is 6.99.